The van der Waals surface area contributed by atoms with Gasteiger partial charge in [-0.1, -0.05) is 188 Å². The minimum atomic E-state index is 1.08. The van der Waals surface area contributed by atoms with Crippen molar-refractivity contribution in [3.05, 3.63) is 255 Å². The van der Waals surface area contributed by atoms with Crippen LogP contribution in [0.25, 0.3) is 83.1 Å². The number of hydrogen-bond acceptors (Lipinski definition) is 1. The molecule has 0 saturated heterocycles. The molecule has 0 aliphatic rings. The molecular weight excluding hydrogens is 749 g/mol. The number of fused-ring (bicyclic) bond motifs is 3. The second-order valence-corrected chi connectivity index (χ2v) is 15.8. The third kappa shape index (κ3) is 6.94. The number of aromatic nitrogens is 1. The molecule has 0 radical (unpaired) electrons. The minimum Gasteiger partial charge on any atom is -0.310 e. The van der Waals surface area contributed by atoms with E-state index >= 15 is 0 Å². The summed E-state index contributed by atoms with van der Waals surface area (Å²) in [5.74, 6) is 0. The summed E-state index contributed by atoms with van der Waals surface area (Å²) in [5.41, 5.74) is 18.7. The van der Waals surface area contributed by atoms with Gasteiger partial charge in [0.15, 0.2) is 0 Å². The van der Waals surface area contributed by atoms with E-state index in [1.54, 1.807) is 0 Å². The molecule has 0 aliphatic carbocycles. The highest BCUT2D eigenvalue weighted by molar-refractivity contribution is 6.09. The largest absolute Gasteiger partial charge is 0.310 e. The molecule has 0 atom stereocenters. The van der Waals surface area contributed by atoms with Crippen LogP contribution in [0.15, 0.2) is 255 Å². The third-order valence-corrected chi connectivity index (χ3v) is 12.0. The van der Waals surface area contributed by atoms with Crippen molar-refractivity contribution in [3.63, 3.8) is 0 Å². The van der Waals surface area contributed by atoms with Crippen LogP contribution in [0, 0.1) is 0 Å². The van der Waals surface area contributed by atoms with E-state index in [1.165, 1.54) is 77.4 Å². The molecule has 292 valence electrons. The number of nitrogens with zero attached hydrogens (tertiary/aromatic N) is 2. The van der Waals surface area contributed by atoms with E-state index in [4.69, 9.17) is 0 Å². The highest BCUT2D eigenvalue weighted by atomic mass is 15.1. The lowest BCUT2D eigenvalue weighted by Crippen LogP contribution is -2.10. The average Bonchev–Trinajstić information content (AvgIpc) is 3.70. The number of anilines is 3. The molecule has 0 aliphatic heterocycles. The fourth-order valence-corrected chi connectivity index (χ4v) is 8.98. The molecule has 11 rings (SSSR count). The summed E-state index contributed by atoms with van der Waals surface area (Å²) >= 11 is 0. The molecule has 62 heavy (non-hydrogen) atoms. The van der Waals surface area contributed by atoms with Crippen LogP contribution >= 0.6 is 0 Å². The summed E-state index contributed by atoms with van der Waals surface area (Å²) in [6.07, 6.45) is 0. The molecular formula is C60H42N2. The Labute approximate surface area is 362 Å². The first-order valence-corrected chi connectivity index (χ1v) is 21.3. The lowest BCUT2D eigenvalue weighted by atomic mass is 9.94. The lowest BCUT2D eigenvalue weighted by Gasteiger charge is -2.27. The Kier molecular flexibility index (Phi) is 9.57. The highest BCUT2D eigenvalue weighted by Crippen LogP contribution is 2.42. The number of para-hydroxylation sites is 2. The number of benzene rings is 10. The SMILES string of the molecule is c1ccc(-c2ccc(N(c3ccc(-c4ccccc4-c4ccc(-n5c6ccccc6c6ccccc65)cc4)cc3)c3cc(-c4ccccc4)cc(-c4ccccc4)c3)cc2)cc1. The molecule has 11 aromatic rings. The topological polar surface area (TPSA) is 8.17 Å². The van der Waals surface area contributed by atoms with Gasteiger partial charge in [0.25, 0.3) is 0 Å². The fourth-order valence-electron chi connectivity index (χ4n) is 8.98. The van der Waals surface area contributed by atoms with E-state index in [9.17, 15) is 0 Å². The van der Waals surface area contributed by atoms with Gasteiger partial charge in [-0.15, -0.1) is 0 Å². The number of hydrogen-bond donors (Lipinski definition) is 0. The van der Waals surface area contributed by atoms with Gasteiger partial charge in [-0.3, -0.25) is 0 Å². The van der Waals surface area contributed by atoms with Crippen LogP contribution in [-0.4, -0.2) is 4.57 Å². The molecule has 0 saturated carbocycles. The van der Waals surface area contributed by atoms with Crippen LogP contribution in [-0.2, 0) is 0 Å². The zero-order valence-corrected chi connectivity index (χ0v) is 34.1. The van der Waals surface area contributed by atoms with Crippen LogP contribution in [0.4, 0.5) is 17.1 Å². The Hall–Kier alpha value is -8.20. The summed E-state index contributed by atoms with van der Waals surface area (Å²) in [4.78, 5) is 2.39. The predicted octanol–water partition coefficient (Wildman–Crippen LogP) is 16.6. The Balaban J connectivity index is 0.991. The predicted molar refractivity (Wildman–Crippen MR) is 263 cm³/mol. The van der Waals surface area contributed by atoms with E-state index in [1.807, 2.05) is 0 Å². The van der Waals surface area contributed by atoms with E-state index in [-0.39, 0.29) is 0 Å². The second kappa shape index (κ2) is 16.1. The van der Waals surface area contributed by atoms with Gasteiger partial charge < -0.3 is 9.47 Å². The molecule has 0 spiro atoms. The third-order valence-electron chi connectivity index (χ3n) is 12.0. The molecule has 2 heteroatoms. The average molecular weight is 791 g/mol. The van der Waals surface area contributed by atoms with Gasteiger partial charge in [-0.2, -0.15) is 0 Å². The molecule has 0 unspecified atom stereocenters. The second-order valence-electron chi connectivity index (χ2n) is 15.8. The first-order chi connectivity index (χ1) is 30.7. The minimum absolute atomic E-state index is 1.08. The van der Waals surface area contributed by atoms with Crippen molar-refractivity contribution in [1.29, 1.82) is 0 Å². The van der Waals surface area contributed by atoms with Crippen molar-refractivity contribution >= 4 is 38.9 Å². The summed E-state index contributed by atoms with van der Waals surface area (Å²) in [5, 5.41) is 2.54. The maximum absolute atomic E-state index is 2.39. The standard InChI is InChI=1S/C60H42N2/c1-4-16-43(17-5-1)46-28-34-51(35-29-46)61(54-41-49(44-18-6-2-7-19-44)40-50(42-54)45-20-8-3-9-21-45)52-36-30-47(31-37-52)55-22-10-11-23-56(55)48-32-38-53(39-33-48)62-59-26-14-12-24-57(59)58-25-13-15-27-60(58)62/h1-42H. The van der Waals surface area contributed by atoms with Crippen molar-refractivity contribution < 1.29 is 0 Å². The molecule has 10 aromatic carbocycles. The normalized spacial score (nSPS) is 11.2. The molecule has 0 fully saturated rings. The number of rotatable bonds is 9. The van der Waals surface area contributed by atoms with Crippen molar-refractivity contribution in [2.75, 3.05) is 4.90 Å². The van der Waals surface area contributed by atoms with Gasteiger partial charge in [-0.25, -0.2) is 0 Å². The Bertz CT molecular complexity index is 3180. The maximum Gasteiger partial charge on any atom is 0.0541 e. The molecule has 0 bridgehead atoms. The molecule has 2 nitrogen and oxygen atoms in total. The Morgan fingerprint density at radius 3 is 1.06 bits per heavy atom. The van der Waals surface area contributed by atoms with Crippen LogP contribution in [0.3, 0.4) is 0 Å². The van der Waals surface area contributed by atoms with Crippen molar-refractivity contribution in [2.45, 2.75) is 0 Å². The monoisotopic (exact) mass is 790 g/mol. The highest BCUT2D eigenvalue weighted by Gasteiger charge is 2.18. The van der Waals surface area contributed by atoms with Gasteiger partial charge in [0.1, 0.15) is 0 Å². The van der Waals surface area contributed by atoms with E-state index in [0.29, 0.717) is 0 Å². The van der Waals surface area contributed by atoms with Gasteiger partial charge in [0.05, 0.1) is 11.0 Å². The Morgan fingerprint density at radius 2 is 0.597 bits per heavy atom. The van der Waals surface area contributed by atoms with Gasteiger partial charge in [0.2, 0.25) is 0 Å². The first-order valence-electron chi connectivity index (χ1n) is 21.3. The molecule has 1 aromatic heterocycles. The van der Waals surface area contributed by atoms with Crippen molar-refractivity contribution in [3.8, 4) is 61.3 Å². The van der Waals surface area contributed by atoms with E-state index in [2.05, 4.69) is 264 Å². The molecule has 0 N–H and O–H groups in total. The smallest absolute Gasteiger partial charge is 0.0541 e. The lowest BCUT2D eigenvalue weighted by molar-refractivity contribution is 1.18. The maximum atomic E-state index is 2.39. The van der Waals surface area contributed by atoms with Crippen molar-refractivity contribution in [1.82, 2.24) is 4.57 Å². The quantitative estimate of drug-likeness (QED) is 0.141. The summed E-state index contributed by atoms with van der Waals surface area (Å²) < 4.78 is 2.37. The zero-order chi connectivity index (χ0) is 41.2. The zero-order valence-electron chi connectivity index (χ0n) is 34.1. The summed E-state index contributed by atoms with van der Waals surface area (Å²) in [6, 6.07) is 92.0. The van der Waals surface area contributed by atoms with Gasteiger partial charge in [-0.05, 0) is 122 Å². The van der Waals surface area contributed by atoms with Crippen LogP contribution < -0.4 is 4.90 Å². The summed E-state index contributed by atoms with van der Waals surface area (Å²) in [7, 11) is 0. The van der Waals surface area contributed by atoms with Gasteiger partial charge in [0, 0.05) is 33.5 Å². The molecule has 1 heterocycles. The van der Waals surface area contributed by atoms with Gasteiger partial charge >= 0.3 is 0 Å². The van der Waals surface area contributed by atoms with E-state index in [0.717, 1.165) is 22.7 Å². The Morgan fingerprint density at radius 1 is 0.242 bits per heavy atom. The fraction of sp³-hybridized carbons (Fsp3) is 0. The first kappa shape index (κ1) is 36.8. The van der Waals surface area contributed by atoms with E-state index < -0.39 is 0 Å². The molecule has 0 amide bonds. The van der Waals surface area contributed by atoms with Crippen molar-refractivity contribution in [2.24, 2.45) is 0 Å². The van der Waals surface area contributed by atoms with Crippen LogP contribution in [0.5, 0.6) is 0 Å². The van der Waals surface area contributed by atoms with Crippen LogP contribution in [0.2, 0.25) is 0 Å². The summed E-state index contributed by atoms with van der Waals surface area (Å²) in [6.45, 7) is 0. The van der Waals surface area contributed by atoms with Crippen LogP contribution in [0.1, 0.15) is 0 Å².